The van der Waals surface area contributed by atoms with E-state index in [1.165, 1.54) is 0 Å². The highest BCUT2D eigenvalue weighted by atomic mass is 32.1. The van der Waals surface area contributed by atoms with Gasteiger partial charge in [-0.15, -0.1) is 0 Å². The van der Waals surface area contributed by atoms with Crippen LogP contribution >= 0.6 is 11.5 Å². The fraction of sp³-hybridized carbons (Fsp3) is 0.800. The molecule has 1 heterocycles. The summed E-state index contributed by atoms with van der Waals surface area (Å²) in [6.45, 7) is 5.13. The molecule has 0 bridgehead atoms. The Kier molecular flexibility index (Phi) is 5.80. The van der Waals surface area contributed by atoms with Gasteiger partial charge in [-0.25, -0.2) is 0 Å². The third-order valence-electron chi connectivity index (χ3n) is 1.98. The van der Waals surface area contributed by atoms with Gasteiger partial charge in [0, 0.05) is 24.7 Å². The molecule has 1 aromatic heterocycles. The first kappa shape index (κ1) is 15.2. The molecule has 0 radical (unpaired) electrons. The molecule has 0 aliphatic heterocycles. The lowest BCUT2D eigenvalue weighted by Gasteiger charge is -2.07. The van der Waals surface area contributed by atoms with Gasteiger partial charge in [-0.3, -0.25) is 0 Å². The smallest absolute Gasteiger partial charge is 0.379 e. The largest absolute Gasteiger partial charge is 0.452 e. The fourth-order valence-corrected chi connectivity index (χ4v) is 1.76. The van der Waals surface area contributed by atoms with Crippen LogP contribution in [0.1, 0.15) is 32.5 Å². The van der Waals surface area contributed by atoms with E-state index >= 15 is 0 Å². The van der Waals surface area contributed by atoms with Gasteiger partial charge in [-0.2, -0.15) is 22.5 Å². The van der Waals surface area contributed by atoms with Gasteiger partial charge in [-0.05, 0) is 26.7 Å². The van der Waals surface area contributed by atoms with Crippen LogP contribution in [0.3, 0.4) is 0 Å². The zero-order valence-corrected chi connectivity index (χ0v) is 11.1. The number of nitrogens with zero attached hydrogens (tertiary/aromatic N) is 2. The summed E-state index contributed by atoms with van der Waals surface area (Å²) >= 11 is 0.722. The van der Waals surface area contributed by atoms with Gasteiger partial charge in [0.1, 0.15) is 0 Å². The Hall–Kier alpha value is -0.890. The molecule has 0 aliphatic carbocycles. The van der Waals surface area contributed by atoms with E-state index in [1.54, 1.807) is 0 Å². The van der Waals surface area contributed by atoms with Gasteiger partial charge in [0.15, 0.2) is 0 Å². The number of aromatic nitrogens is 2. The van der Waals surface area contributed by atoms with Crippen LogP contribution in [0.15, 0.2) is 0 Å². The molecule has 0 saturated heterocycles. The number of ether oxygens (including phenoxy) is 1. The third kappa shape index (κ3) is 5.63. The molecule has 0 aliphatic rings. The number of unbranched alkanes of at least 4 members (excludes halogenated alkanes) is 1. The van der Waals surface area contributed by atoms with E-state index in [1.807, 2.05) is 13.8 Å². The van der Waals surface area contributed by atoms with Crippen LogP contribution in [0.2, 0.25) is 0 Å². The highest BCUT2D eigenvalue weighted by Crippen LogP contribution is 2.28. The maximum Gasteiger partial charge on any atom is 0.452 e. The fourth-order valence-electron chi connectivity index (χ4n) is 1.15. The van der Waals surface area contributed by atoms with Gasteiger partial charge in [-0.1, -0.05) is 0 Å². The summed E-state index contributed by atoms with van der Waals surface area (Å²) in [5.41, 5.74) is 0. The Balaban J connectivity index is 2.18. The maximum absolute atomic E-state index is 12.2. The molecule has 4 nitrogen and oxygen atoms in total. The molecule has 1 aromatic rings. The Morgan fingerprint density at radius 2 is 2.06 bits per heavy atom. The summed E-state index contributed by atoms with van der Waals surface area (Å²) < 4.78 is 45.2. The molecular weight excluding hydrogens is 267 g/mol. The molecule has 0 atom stereocenters. The van der Waals surface area contributed by atoms with Crippen molar-refractivity contribution in [3.05, 3.63) is 5.82 Å². The van der Waals surface area contributed by atoms with Crippen molar-refractivity contribution in [2.75, 3.05) is 18.5 Å². The van der Waals surface area contributed by atoms with Gasteiger partial charge in [0.2, 0.25) is 11.0 Å². The Morgan fingerprint density at radius 3 is 2.61 bits per heavy atom. The van der Waals surface area contributed by atoms with E-state index in [0.717, 1.165) is 24.4 Å². The maximum atomic E-state index is 12.2. The molecule has 1 rings (SSSR count). The third-order valence-corrected chi connectivity index (χ3v) is 2.65. The molecule has 0 amide bonds. The summed E-state index contributed by atoms with van der Waals surface area (Å²) in [5.74, 6) is -1.09. The van der Waals surface area contributed by atoms with E-state index in [-0.39, 0.29) is 11.2 Å². The summed E-state index contributed by atoms with van der Waals surface area (Å²) in [4.78, 5) is 3.37. The van der Waals surface area contributed by atoms with Crippen molar-refractivity contribution in [1.82, 2.24) is 9.36 Å². The first-order valence-electron chi connectivity index (χ1n) is 5.66. The SMILES string of the molecule is CC(C)OCCCCNc1nc(C(F)(F)F)ns1. The van der Waals surface area contributed by atoms with Crippen molar-refractivity contribution in [2.45, 2.75) is 39.0 Å². The van der Waals surface area contributed by atoms with Gasteiger partial charge in [0.25, 0.3) is 0 Å². The first-order chi connectivity index (χ1) is 8.39. The van der Waals surface area contributed by atoms with E-state index in [0.29, 0.717) is 13.2 Å². The molecule has 18 heavy (non-hydrogen) atoms. The van der Waals surface area contributed by atoms with Crippen molar-refractivity contribution in [3.8, 4) is 0 Å². The number of hydrogen-bond acceptors (Lipinski definition) is 5. The summed E-state index contributed by atoms with van der Waals surface area (Å²) in [6, 6.07) is 0. The number of alkyl halides is 3. The first-order valence-corrected chi connectivity index (χ1v) is 6.43. The topological polar surface area (TPSA) is 47.0 Å². The summed E-state index contributed by atoms with van der Waals surface area (Å²) in [6.07, 6.45) is -2.60. The van der Waals surface area contributed by atoms with Gasteiger partial charge >= 0.3 is 6.18 Å². The van der Waals surface area contributed by atoms with Gasteiger partial charge < -0.3 is 10.1 Å². The van der Waals surface area contributed by atoms with Crippen molar-refractivity contribution in [1.29, 1.82) is 0 Å². The zero-order chi connectivity index (χ0) is 13.6. The predicted molar refractivity (Wildman–Crippen MR) is 63.7 cm³/mol. The average Bonchev–Trinajstić information content (AvgIpc) is 2.71. The molecule has 8 heteroatoms. The van der Waals surface area contributed by atoms with E-state index in [2.05, 4.69) is 14.7 Å². The second kappa shape index (κ2) is 6.89. The van der Waals surface area contributed by atoms with Crippen LogP contribution in [0.25, 0.3) is 0 Å². The second-order valence-electron chi connectivity index (χ2n) is 3.97. The van der Waals surface area contributed by atoms with Crippen LogP contribution in [0.5, 0.6) is 0 Å². The lowest BCUT2D eigenvalue weighted by Crippen LogP contribution is -2.09. The predicted octanol–water partition coefficient (Wildman–Crippen LogP) is 3.17. The van der Waals surface area contributed by atoms with Gasteiger partial charge in [0.05, 0.1) is 6.10 Å². The molecule has 0 saturated carbocycles. The van der Waals surface area contributed by atoms with Crippen molar-refractivity contribution >= 4 is 16.7 Å². The van der Waals surface area contributed by atoms with Crippen molar-refractivity contribution in [2.24, 2.45) is 0 Å². The molecule has 1 N–H and O–H groups in total. The molecular formula is C10H16F3N3OS. The van der Waals surface area contributed by atoms with Crippen molar-refractivity contribution in [3.63, 3.8) is 0 Å². The number of anilines is 1. The second-order valence-corrected chi connectivity index (χ2v) is 4.73. The van der Waals surface area contributed by atoms with E-state index < -0.39 is 12.0 Å². The summed E-state index contributed by atoms with van der Waals surface area (Å²) in [5, 5.41) is 3.02. The number of hydrogen-bond donors (Lipinski definition) is 1. The van der Waals surface area contributed by atoms with Crippen LogP contribution < -0.4 is 5.32 Å². The lowest BCUT2D eigenvalue weighted by atomic mass is 10.3. The average molecular weight is 283 g/mol. The van der Waals surface area contributed by atoms with Crippen molar-refractivity contribution < 1.29 is 17.9 Å². The molecule has 0 aromatic carbocycles. The van der Waals surface area contributed by atoms with E-state index in [9.17, 15) is 13.2 Å². The van der Waals surface area contributed by atoms with Crippen LogP contribution in [-0.4, -0.2) is 28.6 Å². The zero-order valence-electron chi connectivity index (χ0n) is 10.3. The minimum atomic E-state index is -4.47. The normalized spacial score (nSPS) is 12.1. The number of rotatable bonds is 7. The van der Waals surface area contributed by atoms with Crippen LogP contribution in [-0.2, 0) is 10.9 Å². The summed E-state index contributed by atoms with van der Waals surface area (Å²) in [7, 11) is 0. The monoisotopic (exact) mass is 283 g/mol. The Morgan fingerprint density at radius 1 is 1.33 bits per heavy atom. The van der Waals surface area contributed by atoms with Crippen LogP contribution in [0.4, 0.5) is 18.3 Å². The quantitative estimate of drug-likeness (QED) is 0.781. The molecule has 0 fully saturated rings. The Bertz CT molecular complexity index is 354. The lowest BCUT2D eigenvalue weighted by molar-refractivity contribution is -0.144. The molecule has 0 unspecified atom stereocenters. The molecule has 104 valence electrons. The number of halogens is 3. The molecule has 0 spiro atoms. The standard InChI is InChI=1S/C10H16F3N3OS/c1-7(2)17-6-4-3-5-14-9-15-8(16-18-9)10(11,12)13/h7H,3-6H2,1-2H3,(H,14,15,16). The highest BCUT2D eigenvalue weighted by Gasteiger charge is 2.35. The number of nitrogens with one attached hydrogen (secondary N) is 1. The van der Waals surface area contributed by atoms with Crippen LogP contribution in [0, 0.1) is 0 Å². The minimum Gasteiger partial charge on any atom is -0.379 e. The highest BCUT2D eigenvalue weighted by molar-refractivity contribution is 7.09. The minimum absolute atomic E-state index is 0.201. The van der Waals surface area contributed by atoms with E-state index in [4.69, 9.17) is 4.74 Å². The Labute approximate surface area is 108 Å².